The second-order valence-electron chi connectivity index (χ2n) is 7.12. The molecule has 154 valence electrons. The van der Waals surface area contributed by atoms with Crippen LogP contribution in [0.15, 0.2) is 48.5 Å². The molecule has 28 heavy (non-hydrogen) atoms. The molecular weight excluding hydrogens is 379 g/mol. The number of hydrogen-bond acceptors (Lipinski definition) is 4. The van der Waals surface area contributed by atoms with Crippen LogP contribution >= 0.6 is 12.4 Å². The van der Waals surface area contributed by atoms with Gasteiger partial charge in [-0.05, 0) is 48.4 Å². The highest BCUT2D eigenvalue weighted by molar-refractivity contribution is 5.85. The Morgan fingerprint density at radius 1 is 1.00 bits per heavy atom. The standard InChI is InChI=1S/C22H29FN2O2.ClH/c1-2-3-18-4-10-22(11-5-18)27-17-21(26)16-24-12-14-25(15-13-24)20-8-6-19(23)7-9-20;/h4-11,21,26H,2-3,12-17H2,1H3;1H. The lowest BCUT2D eigenvalue weighted by atomic mass is 10.1. The van der Waals surface area contributed by atoms with Gasteiger partial charge in [-0.2, -0.15) is 0 Å². The summed E-state index contributed by atoms with van der Waals surface area (Å²) in [6, 6.07) is 14.7. The Bertz CT molecular complexity index is 689. The Labute approximate surface area is 173 Å². The third-order valence-electron chi connectivity index (χ3n) is 4.94. The van der Waals surface area contributed by atoms with Gasteiger partial charge in [0.15, 0.2) is 0 Å². The Morgan fingerprint density at radius 2 is 1.64 bits per heavy atom. The van der Waals surface area contributed by atoms with Crippen LogP contribution in [0, 0.1) is 5.82 Å². The van der Waals surface area contributed by atoms with Crippen LogP contribution in [0.2, 0.25) is 0 Å². The fourth-order valence-corrected chi connectivity index (χ4v) is 3.42. The molecule has 0 spiro atoms. The van der Waals surface area contributed by atoms with Crippen molar-refractivity contribution in [1.82, 2.24) is 4.90 Å². The van der Waals surface area contributed by atoms with Crippen molar-refractivity contribution in [3.05, 3.63) is 59.9 Å². The van der Waals surface area contributed by atoms with Gasteiger partial charge in [0, 0.05) is 38.4 Å². The quantitative estimate of drug-likeness (QED) is 0.721. The fourth-order valence-electron chi connectivity index (χ4n) is 3.42. The summed E-state index contributed by atoms with van der Waals surface area (Å²) in [7, 11) is 0. The first-order chi connectivity index (χ1) is 13.1. The molecule has 1 aliphatic heterocycles. The van der Waals surface area contributed by atoms with E-state index in [2.05, 4.69) is 28.9 Å². The van der Waals surface area contributed by atoms with Crippen molar-refractivity contribution >= 4 is 18.1 Å². The minimum Gasteiger partial charge on any atom is -0.491 e. The molecule has 3 rings (SSSR count). The van der Waals surface area contributed by atoms with E-state index in [1.54, 1.807) is 0 Å². The second kappa shape index (κ2) is 11.2. The molecule has 1 atom stereocenters. The van der Waals surface area contributed by atoms with Gasteiger partial charge in [-0.3, -0.25) is 4.90 Å². The highest BCUT2D eigenvalue weighted by Crippen LogP contribution is 2.17. The topological polar surface area (TPSA) is 35.9 Å². The van der Waals surface area contributed by atoms with Crippen LogP contribution in [0.25, 0.3) is 0 Å². The number of benzene rings is 2. The largest absolute Gasteiger partial charge is 0.491 e. The van der Waals surface area contributed by atoms with Gasteiger partial charge in [0.1, 0.15) is 24.3 Å². The number of aryl methyl sites for hydroxylation is 1. The van der Waals surface area contributed by atoms with E-state index in [4.69, 9.17) is 4.74 Å². The van der Waals surface area contributed by atoms with E-state index in [1.807, 2.05) is 24.3 Å². The molecule has 0 bridgehead atoms. The summed E-state index contributed by atoms with van der Waals surface area (Å²) in [6.45, 7) is 6.56. The van der Waals surface area contributed by atoms with Crippen LogP contribution < -0.4 is 9.64 Å². The highest BCUT2D eigenvalue weighted by atomic mass is 35.5. The Balaban J connectivity index is 0.00000280. The summed E-state index contributed by atoms with van der Waals surface area (Å²) in [5.74, 6) is 0.593. The maximum Gasteiger partial charge on any atom is 0.123 e. The van der Waals surface area contributed by atoms with Gasteiger partial charge in [-0.1, -0.05) is 25.5 Å². The molecule has 0 amide bonds. The van der Waals surface area contributed by atoms with E-state index >= 15 is 0 Å². The minimum absolute atomic E-state index is 0. The fraction of sp³-hybridized carbons (Fsp3) is 0.455. The van der Waals surface area contributed by atoms with Crippen molar-refractivity contribution in [1.29, 1.82) is 0 Å². The zero-order valence-electron chi connectivity index (χ0n) is 16.4. The maximum absolute atomic E-state index is 13.0. The van der Waals surface area contributed by atoms with E-state index in [9.17, 15) is 9.50 Å². The number of piperazine rings is 1. The Kier molecular flexibility index (Phi) is 9.03. The molecule has 1 heterocycles. The number of halogens is 2. The third-order valence-corrected chi connectivity index (χ3v) is 4.94. The summed E-state index contributed by atoms with van der Waals surface area (Å²) >= 11 is 0. The van der Waals surface area contributed by atoms with Gasteiger partial charge in [0.05, 0.1) is 0 Å². The van der Waals surface area contributed by atoms with Crippen molar-refractivity contribution < 1.29 is 14.2 Å². The van der Waals surface area contributed by atoms with Gasteiger partial charge < -0.3 is 14.7 Å². The van der Waals surface area contributed by atoms with Crippen molar-refractivity contribution in [3.8, 4) is 5.75 Å². The zero-order valence-corrected chi connectivity index (χ0v) is 17.2. The summed E-state index contributed by atoms with van der Waals surface area (Å²) in [4.78, 5) is 4.50. The summed E-state index contributed by atoms with van der Waals surface area (Å²) < 4.78 is 18.8. The van der Waals surface area contributed by atoms with E-state index < -0.39 is 6.10 Å². The molecule has 1 fully saturated rings. The molecule has 6 heteroatoms. The predicted octanol–water partition coefficient (Wildman–Crippen LogP) is 3.76. The van der Waals surface area contributed by atoms with Crippen molar-refractivity contribution in [3.63, 3.8) is 0 Å². The monoisotopic (exact) mass is 408 g/mol. The van der Waals surface area contributed by atoms with Gasteiger partial charge in [-0.25, -0.2) is 4.39 Å². The lowest BCUT2D eigenvalue weighted by Gasteiger charge is -2.36. The zero-order chi connectivity index (χ0) is 19.1. The van der Waals surface area contributed by atoms with Crippen molar-refractivity contribution in [2.75, 3.05) is 44.2 Å². The summed E-state index contributed by atoms with van der Waals surface area (Å²) in [5.41, 5.74) is 2.36. The number of aliphatic hydroxyl groups excluding tert-OH is 1. The SMILES string of the molecule is CCCc1ccc(OCC(O)CN2CCN(c3ccc(F)cc3)CC2)cc1.Cl. The normalized spacial score (nSPS) is 15.8. The molecular formula is C22H30ClFN2O2. The first kappa shape index (κ1) is 22.5. The summed E-state index contributed by atoms with van der Waals surface area (Å²) in [6.07, 6.45) is 1.69. The van der Waals surface area contributed by atoms with Gasteiger partial charge in [0.2, 0.25) is 0 Å². The number of rotatable bonds is 8. The number of hydrogen-bond donors (Lipinski definition) is 1. The van der Waals surface area contributed by atoms with Crippen molar-refractivity contribution in [2.45, 2.75) is 25.9 Å². The van der Waals surface area contributed by atoms with E-state index in [0.29, 0.717) is 13.2 Å². The van der Waals surface area contributed by atoms with E-state index in [0.717, 1.165) is 50.5 Å². The average molecular weight is 409 g/mol. The first-order valence-corrected chi connectivity index (χ1v) is 9.76. The number of anilines is 1. The van der Waals surface area contributed by atoms with Crippen LogP contribution in [-0.4, -0.2) is 55.4 Å². The smallest absolute Gasteiger partial charge is 0.123 e. The lowest BCUT2D eigenvalue weighted by molar-refractivity contribution is 0.0663. The first-order valence-electron chi connectivity index (χ1n) is 9.76. The van der Waals surface area contributed by atoms with E-state index in [1.165, 1.54) is 17.7 Å². The molecule has 0 saturated carbocycles. The lowest BCUT2D eigenvalue weighted by Crippen LogP contribution is -2.49. The van der Waals surface area contributed by atoms with Crippen molar-refractivity contribution in [2.24, 2.45) is 0 Å². The average Bonchev–Trinajstić information content (AvgIpc) is 2.69. The number of aliphatic hydroxyl groups is 1. The van der Waals surface area contributed by atoms with Crippen LogP contribution in [0.5, 0.6) is 5.75 Å². The number of ether oxygens (including phenoxy) is 1. The molecule has 1 N–H and O–H groups in total. The molecule has 1 unspecified atom stereocenters. The molecule has 1 aliphatic rings. The maximum atomic E-state index is 13.0. The van der Waals surface area contributed by atoms with Crippen LogP contribution in [0.1, 0.15) is 18.9 Å². The molecule has 1 saturated heterocycles. The van der Waals surface area contributed by atoms with Crippen LogP contribution in [0.4, 0.5) is 10.1 Å². The highest BCUT2D eigenvalue weighted by Gasteiger charge is 2.19. The number of nitrogens with zero attached hydrogens (tertiary/aromatic N) is 2. The van der Waals surface area contributed by atoms with E-state index in [-0.39, 0.29) is 18.2 Å². The second-order valence-corrected chi connectivity index (χ2v) is 7.12. The summed E-state index contributed by atoms with van der Waals surface area (Å²) in [5, 5.41) is 10.3. The minimum atomic E-state index is -0.516. The van der Waals surface area contributed by atoms with Gasteiger partial charge in [-0.15, -0.1) is 12.4 Å². The predicted molar refractivity (Wildman–Crippen MR) is 114 cm³/mol. The van der Waals surface area contributed by atoms with Crippen LogP contribution in [0.3, 0.4) is 0 Å². The van der Waals surface area contributed by atoms with Gasteiger partial charge >= 0.3 is 0 Å². The Hall–Kier alpha value is -1.82. The third kappa shape index (κ3) is 6.66. The molecule has 2 aromatic rings. The molecule has 0 aromatic heterocycles. The molecule has 4 nitrogen and oxygen atoms in total. The van der Waals surface area contributed by atoms with Gasteiger partial charge in [0.25, 0.3) is 0 Å². The number of β-amino-alcohol motifs (C(OH)–C–C–N with tert-alkyl or cyclic N) is 1. The van der Waals surface area contributed by atoms with Crippen LogP contribution in [-0.2, 0) is 6.42 Å². The molecule has 0 aliphatic carbocycles. The Morgan fingerprint density at radius 3 is 2.25 bits per heavy atom. The molecule has 2 aromatic carbocycles. The molecule has 0 radical (unpaired) electrons.